The van der Waals surface area contributed by atoms with Crippen LogP contribution in [-0.2, 0) is 0 Å². The summed E-state index contributed by atoms with van der Waals surface area (Å²) < 4.78 is 5.07. The van der Waals surface area contributed by atoms with E-state index in [1.54, 1.807) is 18.5 Å². The standard InChI is InChI=1S/C7H4ClNO/c8-7-3-5-1-2-9-4-6(5)10-7/h1-4H. The molecule has 2 rings (SSSR count). The molecule has 0 unspecified atom stereocenters. The van der Waals surface area contributed by atoms with Crippen LogP contribution in [0.4, 0.5) is 0 Å². The first-order valence-corrected chi connectivity index (χ1v) is 3.23. The Morgan fingerprint density at radius 2 is 2.40 bits per heavy atom. The van der Waals surface area contributed by atoms with Crippen molar-refractivity contribution in [1.29, 1.82) is 0 Å². The quantitative estimate of drug-likeness (QED) is 0.581. The molecule has 3 heteroatoms. The monoisotopic (exact) mass is 153 g/mol. The van der Waals surface area contributed by atoms with E-state index in [2.05, 4.69) is 4.98 Å². The summed E-state index contributed by atoms with van der Waals surface area (Å²) in [6, 6.07) is 3.61. The number of hydrogen-bond acceptors (Lipinski definition) is 2. The molecule has 0 atom stereocenters. The van der Waals surface area contributed by atoms with E-state index in [1.165, 1.54) is 0 Å². The predicted octanol–water partition coefficient (Wildman–Crippen LogP) is 2.48. The molecule has 0 saturated carbocycles. The van der Waals surface area contributed by atoms with Gasteiger partial charge >= 0.3 is 0 Å². The topological polar surface area (TPSA) is 26.0 Å². The van der Waals surface area contributed by atoms with Crippen LogP contribution in [-0.4, -0.2) is 4.98 Å². The van der Waals surface area contributed by atoms with Gasteiger partial charge < -0.3 is 4.42 Å². The van der Waals surface area contributed by atoms with Crippen LogP contribution in [0, 0.1) is 0 Å². The van der Waals surface area contributed by atoms with Crippen molar-refractivity contribution in [1.82, 2.24) is 4.98 Å². The Labute approximate surface area is 62.4 Å². The first-order valence-electron chi connectivity index (χ1n) is 2.85. The maximum absolute atomic E-state index is 5.59. The van der Waals surface area contributed by atoms with Gasteiger partial charge in [0.2, 0.25) is 0 Å². The number of furan rings is 1. The van der Waals surface area contributed by atoms with E-state index >= 15 is 0 Å². The summed E-state index contributed by atoms with van der Waals surface area (Å²) >= 11 is 5.59. The lowest BCUT2D eigenvalue weighted by molar-refractivity contribution is 0.616. The Morgan fingerprint density at radius 1 is 1.50 bits per heavy atom. The zero-order valence-corrected chi connectivity index (χ0v) is 5.80. The minimum absolute atomic E-state index is 0.406. The van der Waals surface area contributed by atoms with Crippen molar-refractivity contribution in [3.05, 3.63) is 29.7 Å². The third-order valence-electron chi connectivity index (χ3n) is 1.29. The highest BCUT2D eigenvalue weighted by molar-refractivity contribution is 6.29. The minimum Gasteiger partial charge on any atom is -0.443 e. The van der Waals surface area contributed by atoms with Crippen LogP contribution in [0.3, 0.4) is 0 Å². The lowest BCUT2D eigenvalue weighted by atomic mass is 10.3. The van der Waals surface area contributed by atoms with Gasteiger partial charge in [0.25, 0.3) is 0 Å². The van der Waals surface area contributed by atoms with Crippen LogP contribution in [0.2, 0.25) is 5.22 Å². The molecule has 0 fully saturated rings. The molecule has 50 valence electrons. The molecule has 0 N–H and O–H groups in total. The van der Waals surface area contributed by atoms with Crippen molar-refractivity contribution in [3.8, 4) is 0 Å². The van der Waals surface area contributed by atoms with Crippen LogP contribution in [0.1, 0.15) is 0 Å². The molecule has 0 aliphatic rings. The second-order valence-corrected chi connectivity index (χ2v) is 2.34. The van der Waals surface area contributed by atoms with E-state index in [0.29, 0.717) is 5.22 Å². The van der Waals surface area contributed by atoms with Gasteiger partial charge in [0.05, 0.1) is 6.20 Å². The smallest absolute Gasteiger partial charge is 0.194 e. The van der Waals surface area contributed by atoms with Crippen LogP contribution in [0.25, 0.3) is 11.0 Å². The third-order valence-corrected chi connectivity index (χ3v) is 1.48. The maximum atomic E-state index is 5.59. The van der Waals surface area contributed by atoms with Crippen LogP contribution in [0.15, 0.2) is 28.9 Å². The number of rotatable bonds is 0. The Bertz CT molecular complexity index is 322. The number of nitrogens with zero attached hydrogens (tertiary/aromatic N) is 1. The number of aromatic nitrogens is 1. The fourth-order valence-corrected chi connectivity index (χ4v) is 1.05. The van der Waals surface area contributed by atoms with Crippen molar-refractivity contribution in [2.75, 3.05) is 0 Å². The molecular weight excluding hydrogens is 150 g/mol. The summed E-state index contributed by atoms with van der Waals surface area (Å²) in [4.78, 5) is 3.87. The second kappa shape index (κ2) is 1.99. The van der Waals surface area contributed by atoms with Crippen molar-refractivity contribution in [2.24, 2.45) is 0 Å². The van der Waals surface area contributed by atoms with Crippen molar-refractivity contribution in [3.63, 3.8) is 0 Å². The normalized spacial score (nSPS) is 10.5. The van der Waals surface area contributed by atoms with Gasteiger partial charge in [0.15, 0.2) is 10.8 Å². The average Bonchev–Trinajstić information content (AvgIpc) is 2.27. The molecule has 0 aliphatic carbocycles. The van der Waals surface area contributed by atoms with Gasteiger partial charge in [-0.25, -0.2) is 0 Å². The average molecular weight is 154 g/mol. The van der Waals surface area contributed by atoms with Crippen molar-refractivity contribution < 1.29 is 4.42 Å². The van der Waals surface area contributed by atoms with Crippen molar-refractivity contribution in [2.45, 2.75) is 0 Å². The Kier molecular flexibility index (Phi) is 1.14. The van der Waals surface area contributed by atoms with Gasteiger partial charge in [-0.15, -0.1) is 0 Å². The highest BCUT2D eigenvalue weighted by Gasteiger charge is 1.97. The van der Waals surface area contributed by atoms with Crippen LogP contribution in [0.5, 0.6) is 0 Å². The van der Waals surface area contributed by atoms with Crippen LogP contribution >= 0.6 is 11.6 Å². The molecule has 10 heavy (non-hydrogen) atoms. The summed E-state index contributed by atoms with van der Waals surface area (Å²) in [5.41, 5.74) is 0.729. The first-order chi connectivity index (χ1) is 4.86. The van der Waals surface area contributed by atoms with Gasteiger partial charge in [-0.1, -0.05) is 0 Å². The largest absolute Gasteiger partial charge is 0.443 e. The molecule has 0 aromatic carbocycles. The Balaban J connectivity index is 2.88. The molecule has 2 heterocycles. The van der Waals surface area contributed by atoms with Gasteiger partial charge in [0.1, 0.15) is 0 Å². The molecule has 0 radical (unpaired) electrons. The number of halogens is 1. The first kappa shape index (κ1) is 5.74. The van der Waals surface area contributed by atoms with E-state index in [1.807, 2.05) is 6.07 Å². The number of hydrogen-bond donors (Lipinski definition) is 0. The summed E-state index contributed by atoms with van der Waals surface area (Å²) in [6.45, 7) is 0. The Morgan fingerprint density at radius 3 is 3.20 bits per heavy atom. The molecule has 0 amide bonds. The molecule has 2 nitrogen and oxygen atoms in total. The Hall–Kier alpha value is -1.02. The predicted molar refractivity (Wildman–Crippen MR) is 39.0 cm³/mol. The number of pyridine rings is 1. The van der Waals surface area contributed by atoms with E-state index in [4.69, 9.17) is 16.0 Å². The second-order valence-electron chi connectivity index (χ2n) is 1.96. The van der Waals surface area contributed by atoms with Gasteiger partial charge in [-0.3, -0.25) is 4.98 Å². The fourth-order valence-electron chi connectivity index (χ4n) is 0.852. The van der Waals surface area contributed by atoms with Gasteiger partial charge in [0, 0.05) is 17.6 Å². The lowest BCUT2D eigenvalue weighted by Gasteiger charge is -1.81. The highest BCUT2D eigenvalue weighted by Crippen LogP contribution is 2.20. The van der Waals surface area contributed by atoms with Crippen LogP contribution < -0.4 is 0 Å². The molecule has 2 aromatic heterocycles. The maximum Gasteiger partial charge on any atom is 0.194 e. The SMILES string of the molecule is Clc1cc2ccncc2o1. The summed E-state index contributed by atoms with van der Waals surface area (Å²) in [7, 11) is 0. The third kappa shape index (κ3) is 0.772. The van der Waals surface area contributed by atoms with E-state index in [9.17, 15) is 0 Å². The molecular formula is C7H4ClNO. The highest BCUT2D eigenvalue weighted by atomic mass is 35.5. The summed E-state index contributed by atoms with van der Waals surface area (Å²) in [5.74, 6) is 0. The van der Waals surface area contributed by atoms with E-state index in [0.717, 1.165) is 11.0 Å². The zero-order valence-electron chi connectivity index (χ0n) is 5.04. The van der Waals surface area contributed by atoms with E-state index < -0.39 is 0 Å². The molecule has 0 saturated heterocycles. The molecule has 0 spiro atoms. The minimum atomic E-state index is 0.406. The lowest BCUT2D eigenvalue weighted by Crippen LogP contribution is -1.65. The van der Waals surface area contributed by atoms with Crippen molar-refractivity contribution >= 4 is 22.6 Å². The molecule has 0 bridgehead atoms. The van der Waals surface area contributed by atoms with E-state index in [-0.39, 0.29) is 0 Å². The number of fused-ring (bicyclic) bond motifs is 1. The zero-order chi connectivity index (χ0) is 6.97. The molecule has 0 aliphatic heterocycles. The summed E-state index contributed by atoms with van der Waals surface area (Å²) in [5, 5.41) is 1.39. The van der Waals surface area contributed by atoms with Gasteiger partial charge in [-0.05, 0) is 17.7 Å². The summed E-state index contributed by atoms with van der Waals surface area (Å²) in [6.07, 6.45) is 3.34. The fraction of sp³-hybridized carbons (Fsp3) is 0. The van der Waals surface area contributed by atoms with Gasteiger partial charge in [-0.2, -0.15) is 0 Å². The molecule has 2 aromatic rings.